The van der Waals surface area contributed by atoms with E-state index in [1.807, 2.05) is 14.0 Å². The van der Waals surface area contributed by atoms with Crippen molar-refractivity contribution in [2.24, 2.45) is 0 Å². The molecule has 0 bridgehead atoms. The number of hydrogen-bond donors (Lipinski definition) is 2. The molecule has 1 aromatic carbocycles. The fraction of sp³-hybridized carbons (Fsp3) is 0.533. The number of nitrogen functional groups attached to an aromatic ring is 1. The first-order valence-corrected chi connectivity index (χ1v) is 7.51. The third-order valence-corrected chi connectivity index (χ3v) is 4.22. The number of nitrogens with zero attached hydrogens (tertiary/aromatic N) is 1. The van der Waals surface area contributed by atoms with E-state index in [0.717, 1.165) is 31.5 Å². The van der Waals surface area contributed by atoms with Gasteiger partial charge in [0.25, 0.3) is 5.91 Å². The van der Waals surface area contributed by atoms with E-state index in [1.54, 1.807) is 17.0 Å². The second-order valence-corrected chi connectivity index (χ2v) is 5.82. The maximum Gasteiger partial charge on any atom is 0.260 e. The molecule has 1 saturated heterocycles. The molecule has 116 valence electrons. The van der Waals surface area contributed by atoms with E-state index >= 15 is 0 Å². The van der Waals surface area contributed by atoms with Crippen LogP contribution in [-0.4, -0.2) is 43.6 Å². The summed E-state index contributed by atoms with van der Waals surface area (Å²) in [5, 5.41) is 3.79. The fourth-order valence-corrected chi connectivity index (χ4v) is 2.68. The quantitative estimate of drug-likeness (QED) is 0.832. The molecule has 1 aliphatic heterocycles. The lowest BCUT2D eigenvalue weighted by atomic mass is 10.1. The Balaban J connectivity index is 1.93. The summed E-state index contributed by atoms with van der Waals surface area (Å²) in [6.07, 6.45) is 1.96. The van der Waals surface area contributed by atoms with Crippen molar-refractivity contribution in [1.82, 2.24) is 10.2 Å². The van der Waals surface area contributed by atoms with E-state index in [4.69, 9.17) is 22.1 Å². The van der Waals surface area contributed by atoms with Gasteiger partial charge in [0.15, 0.2) is 6.61 Å². The maximum atomic E-state index is 12.2. The number of nitrogens with one attached hydrogen (secondary N) is 1. The summed E-state index contributed by atoms with van der Waals surface area (Å²) in [5.41, 5.74) is 7.08. The van der Waals surface area contributed by atoms with Crippen molar-refractivity contribution in [3.05, 3.63) is 22.7 Å². The molecule has 1 aromatic rings. The number of benzene rings is 1. The topological polar surface area (TPSA) is 67.6 Å². The normalized spacial score (nSPS) is 15.8. The highest BCUT2D eigenvalue weighted by molar-refractivity contribution is 6.33. The SMILES string of the molecule is Cc1cc(Cl)c(N)cc1OCC(=O)N(C)C1CCNCC1. The molecule has 0 saturated carbocycles. The lowest BCUT2D eigenvalue weighted by Crippen LogP contribution is -2.45. The number of likely N-dealkylation sites (N-methyl/N-ethyl adjacent to an activating group) is 1. The van der Waals surface area contributed by atoms with Crippen LogP contribution in [0.15, 0.2) is 12.1 Å². The van der Waals surface area contributed by atoms with Gasteiger partial charge in [-0.2, -0.15) is 0 Å². The van der Waals surface area contributed by atoms with Gasteiger partial charge in [0, 0.05) is 19.2 Å². The Morgan fingerprint density at radius 3 is 2.81 bits per heavy atom. The molecule has 1 heterocycles. The molecule has 0 radical (unpaired) electrons. The van der Waals surface area contributed by atoms with Crippen LogP contribution < -0.4 is 15.8 Å². The molecule has 0 aliphatic carbocycles. The summed E-state index contributed by atoms with van der Waals surface area (Å²) in [7, 11) is 1.84. The number of piperidine rings is 1. The second-order valence-electron chi connectivity index (χ2n) is 5.41. The van der Waals surface area contributed by atoms with E-state index in [0.29, 0.717) is 22.5 Å². The van der Waals surface area contributed by atoms with Gasteiger partial charge in [-0.1, -0.05) is 11.6 Å². The first kappa shape index (κ1) is 15.9. The predicted molar refractivity (Wildman–Crippen MR) is 84.8 cm³/mol. The molecule has 1 aliphatic rings. The third kappa shape index (κ3) is 4.02. The number of aryl methyl sites for hydroxylation is 1. The zero-order valence-electron chi connectivity index (χ0n) is 12.5. The number of hydrogen-bond acceptors (Lipinski definition) is 4. The molecule has 0 unspecified atom stereocenters. The number of rotatable bonds is 4. The average molecular weight is 312 g/mol. The van der Waals surface area contributed by atoms with Gasteiger partial charge < -0.3 is 20.7 Å². The minimum absolute atomic E-state index is 0.0162. The number of halogens is 1. The zero-order chi connectivity index (χ0) is 15.4. The predicted octanol–water partition coefficient (Wildman–Crippen LogP) is 1.82. The van der Waals surface area contributed by atoms with Crippen molar-refractivity contribution in [1.29, 1.82) is 0 Å². The lowest BCUT2D eigenvalue weighted by Gasteiger charge is -2.31. The molecular weight excluding hydrogens is 290 g/mol. The van der Waals surface area contributed by atoms with Crippen LogP contribution in [0.3, 0.4) is 0 Å². The lowest BCUT2D eigenvalue weighted by molar-refractivity contribution is -0.134. The minimum Gasteiger partial charge on any atom is -0.483 e. The van der Waals surface area contributed by atoms with Crippen molar-refractivity contribution in [3.8, 4) is 5.75 Å². The van der Waals surface area contributed by atoms with E-state index in [2.05, 4.69) is 5.32 Å². The largest absolute Gasteiger partial charge is 0.483 e. The first-order valence-electron chi connectivity index (χ1n) is 7.14. The van der Waals surface area contributed by atoms with E-state index < -0.39 is 0 Å². The monoisotopic (exact) mass is 311 g/mol. The molecule has 0 spiro atoms. The van der Waals surface area contributed by atoms with Gasteiger partial charge in [-0.05, 0) is 44.5 Å². The van der Waals surface area contributed by atoms with E-state index in [-0.39, 0.29) is 12.5 Å². The Morgan fingerprint density at radius 2 is 2.14 bits per heavy atom. The van der Waals surface area contributed by atoms with Crippen molar-refractivity contribution < 1.29 is 9.53 Å². The van der Waals surface area contributed by atoms with Crippen LogP contribution in [0.5, 0.6) is 5.75 Å². The molecule has 5 nitrogen and oxygen atoms in total. The Morgan fingerprint density at radius 1 is 1.48 bits per heavy atom. The van der Waals surface area contributed by atoms with Crippen molar-refractivity contribution in [2.75, 3.05) is 32.5 Å². The van der Waals surface area contributed by atoms with Crippen LogP contribution in [0, 0.1) is 6.92 Å². The van der Waals surface area contributed by atoms with Crippen LogP contribution in [0.25, 0.3) is 0 Å². The summed E-state index contributed by atoms with van der Waals surface area (Å²) in [5.74, 6) is 0.582. The highest BCUT2D eigenvalue weighted by Gasteiger charge is 2.22. The standard InChI is InChI=1S/C15H22ClN3O2/c1-10-7-12(16)13(17)8-14(10)21-9-15(20)19(2)11-3-5-18-6-4-11/h7-8,11,18H,3-6,9,17H2,1-2H3. The van der Waals surface area contributed by atoms with Gasteiger partial charge in [-0.3, -0.25) is 4.79 Å². The van der Waals surface area contributed by atoms with Gasteiger partial charge in [0.2, 0.25) is 0 Å². The summed E-state index contributed by atoms with van der Waals surface area (Å²) < 4.78 is 5.60. The summed E-state index contributed by atoms with van der Waals surface area (Å²) >= 11 is 5.94. The molecule has 3 N–H and O–H groups in total. The number of anilines is 1. The zero-order valence-corrected chi connectivity index (χ0v) is 13.2. The van der Waals surface area contributed by atoms with Crippen LogP contribution >= 0.6 is 11.6 Å². The van der Waals surface area contributed by atoms with E-state index in [1.165, 1.54) is 0 Å². The number of carbonyl (C=O) groups is 1. The van der Waals surface area contributed by atoms with Crippen LogP contribution in [-0.2, 0) is 4.79 Å². The van der Waals surface area contributed by atoms with Crippen molar-refractivity contribution in [2.45, 2.75) is 25.8 Å². The second kappa shape index (κ2) is 7.00. The van der Waals surface area contributed by atoms with Crippen molar-refractivity contribution >= 4 is 23.2 Å². The Kier molecular flexibility index (Phi) is 5.31. The Hall–Kier alpha value is -1.46. The molecule has 2 rings (SSSR count). The van der Waals surface area contributed by atoms with Crippen molar-refractivity contribution in [3.63, 3.8) is 0 Å². The van der Waals surface area contributed by atoms with Gasteiger partial charge in [-0.25, -0.2) is 0 Å². The highest BCUT2D eigenvalue weighted by atomic mass is 35.5. The summed E-state index contributed by atoms with van der Waals surface area (Å²) in [4.78, 5) is 14.0. The maximum absolute atomic E-state index is 12.2. The summed E-state index contributed by atoms with van der Waals surface area (Å²) in [6.45, 7) is 3.80. The molecule has 0 atom stereocenters. The summed E-state index contributed by atoms with van der Waals surface area (Å²) in [6, 6.07) is 3.70. The molecular formula is C15H22ClN3O2. The Labute approximate surface area is 130 Å². The molecule has 1 fully saturated rings. The number of carbonyl (C=O) groups excluding carboxylic acids is 1. The number of ether oxygens (including phenoxy) is 1. The molecule has 1 amide bonds. The minimum atomic E-state index is -0.0187. The average Bonchev–Trinajstić information content (AvgIpc) is 2.49. The van der Waals surface area contributed by atoms with Gasteiger partial charge >= 0.3 is 0 Å². The van der Waals surface area contributed by atoms with Gasteiger partial charge in [-0.15, -0.1) is 0 Å². The number of nitrogens with two attached hydrogens (primary N) is 1. The molecule has 0 aromatic heterocycles. The van der Waals surface area contributed by atoms with Gasteiger partial charge in [0.05, 0.1) is 10.7 Å². The Bertz CT molecular complexity index is 516. The van der Waals surface area contributed by atoms with Crippen LogP contribution in [0.2, 0.25) is 5.02 Å². The van der Waals surface area contributed by atoms with Crippen LogP contribution in [0.1, 0.15) is 18.4 Å². The highest BCUT2D eigenvalue weighted by Crippen LogP contribution is 2.28. The molecule has 6 heteroatoms. The van der Waals surface area contributed by atoms with E-state index in [9.17, 15) is 4.79 Å². The van der Waals surface area contributed by atoms with Crippen LogP contribution in [0.4, 0.5) is 5.69 Å². The fourth-order valence-electron chi connectivity index (χ4n) is 2.46. The van der Waals surface area contributed by atoms with Gasteiger partial charge in [0.1, 0.15) is 5.75 Å². The first-order chi connectivity index (χ1) is 9.99. The molecule has 21 heavy (non-hydrogen) atoms. The third-order valence-electron chi connectivity index (χ3n) is 3.90. The smallest absolute Gasteiger partial charge is 0.260 e. The number of amides is 1.